The van der Waals surface area contributed by atoms with Crippen molar-refractivity contribution in [1.82, 2.24) is 10.5 Å². The van der Waals surface area contributed by atoms with E-state index in [0.29, 0.717) is 23.7 Å². The lowest BCUT2D eigenvalue weighted by molar-refractivity contribution is -0.141. The molecule has 0 radical (unpaired) electrons. The minimum Gasteiger partial charge on any atom is -0.489 e. The van der Waals surface area contributed by atoms with Gasteiger partial charge in [-0.25, -0.2) is 0 Å². The fourth-order valence-electron chi connectivity index (χ4n) is 2.79. The van der Waals surface area contributed by atoms with Crippen LogP contribution in [0.25, 0.3) is 0 Å². The number of nitrogens with one attached hydrogen (secondary N) is 1. The van der Waals surface area contributed by atoms with Gasteiger partial charge in [0, 0.05) is 10.4 Å². The highest BCUT2D eigenvalue weighted by Crippen LogP contribution is 2.24. The number of thiophene rings is 1. The number of ether oxygens (including phenoxy) is 2. The zero-order chi connectivity index (χ0) is 20.8. The van der Waals surface area contributed by atoms with Crippen molar-refractivity contribution in [3.8, 4) is 5.75 Å². The molecule has 0 spiro atoms. The summed E-state index contributed by atoms with van der Waals surface area (Å²) in [4.78, 5) is 25.4. The molecule has 1 N–H and O–H groups in total. The van der Waals surface area contributed by atoms with Crippen molar-refractivity contribution in [3.63, 3.8) is 0 Å². The van der Waals surface area contributed by atoms with E-state index in [0.717, 1.165) is 16.1 Å². The quantitative estimate of drug-likeness (QED) is 0.561. The molecule has 3 rings (SSSR count). The van der Waals surface area contributed by atoms with Gasteiger partial charge < -0.3 is 19.3 Å². The summed E-state index contributed by atoms with van der Waals surface area (Å²) in [5.41, 5.74) is 2.10. The number of nitrogens with zero attached hydrogens (tertiary/aromatic N) is 1. The van der Waals surface area contributed by atoms with E-state index in [1.54, 1.807) is 24.3 Å². The molecular formula is C21H22N2O5S. The van der Waals surface area contributed by atoms with Gasteiger partial charge in [-0.05, 0) is 43.5 Å². The zero-order valence-corrected chi connectivity index (χ0v) is 17.2. The van der Waals surface area contributed by atoms with E-state index >= 15 is 0 Å². The largest absolute Gasteiger partial charge is 0.489 e. The van der Waals surface area contributed by atoms with Gasteiger partial charge in [-0.2, -0.15) is 0 Å². The van der Waals surface area contributed by atoms with Crippen LogP contribution in [0.1, 0.15) is 44.7 Å². The SMILES string of the molecule is COC(=O)C[C@@H](NC(=O)c1cccc(OCc2c(C)noc2C)c1)c1cccs1. The number of benzene rings is 1. The Hall–Kier alpha value is -3.13. The van der Waals surface area contributed by atoms with E-state index in [1.807, 2.05) is 31.4 Å². The second kappa shape index (κ2) is 9.38. The highest BCUT2D eigenvalue weighted by molar-refractivity contribution is 7.10. The first-order valence-electron chi connectivity index (χ1n) is 9.03. The van der Waals surface area contributed by atoms with Crippen molar-refractivity contribution in [1.29, 1.82) is 0 Å². The van der Waals surface area contributed by atoms with Gasteiger partial charge in [0.1, 0.15) is 18.1 Å². The first-order chi connectivity index (χ1) is 14.0. The highest BCUT2D eigenvalue weighted by atomic mass is 32.1. The Bertz CT molecular complexity index is 961. The molecule has 3 aromatic rings. The first kappa shape index (κ1) is 20.6. The second-order valence-corrected chi connectivity index (χ2v) is 7.42. The molecule has 0 aliphatic rings. The van der Waals surface area contributed by atoms with Crippen LogP contribution in [0, 0.1) is 13.8 Å². The average Bonchev–Trinajstić information content (AvgIpc) is 3.36. The van der Waals surface area contributed by atoms with E-state index in [4.69, 9.17) is 14.0 Å². The molecule has 0 saturated heterocycles. The zero-order valence-electron chi connectivity index (χ0n) is 16.4. The predicted octanol–water partition coefficient (Wildman–Crippen LogP) is 3.97. The summed E-state index contributed by atoms with van der Waals surface area (Å²) in [7, 11) is 1.33. The smallest absolute Gasteiger partial charge is 0.307 e. The van der Waals surface area contributed by atoms with Crippen LogP contribution in [0.2, 0.25) is 0 Å². The summed E-state index contributed by atoms with van der Waals surface area (Å²) in [6.45, 7) is 3.98. The number of rotatable bonds is 8. The maximum atomic E-state index is 12.8. The van der Waals surface area contributed by atoms with Crippen LogP contribution in [0.3, 0.4) is 0 Å². The van der Waals surface area contributed by atoms with Crippen LogP contribution < -0.4 is 10.1 Å². The highest BCUT2D eigenvalue weighted by Gasteiger charge is 2.21. The maximum absolute atomic E-state index is 12.8. The van der Waals surface area contributed by atoms with Crippen molar-refractivity contribution < 1.29 is 23.6 Å². The fraction of sp³-hybridized carbons (Fsp3) is 0.286. The van der Waals surface area contributed by atoms with Crippen LogP contribution in [0.15, 0.2) is 46.3 Å². The number of aryl methyl sites for hydroxylation is 2. The van der Waals surface area contributed by atoms with Crippen molar-refractivity contribution in [2.45, 2.75) is 32.9 Å². The third-order valence-corrected chi connectivity index (χ3v) is 5.44. The van der Waals surface area contributed by atoms with Crippen LogP contribution in [0.5, 0.6) is 5.75 Å². The van der Waals surface area contributed by atoms with Crippen molar-refractivity contribution in [3.05, 3.63) is 69.2 Å². The molecule has 1 amide bonds. The van der Waals surface area contributed by atoms with Crippen molar-refractivity contribution >= 4 is 23.2 Å². The number of amides is 1. The molecule has 0 bridgehead atoms. The Labute approximate surface area is 172 Å². The van der Waals surface area contributed by atoms with Gasteiger partial charge in [0.05, 0.1) is 30.8 Å². The number of hydrogen-bond donors (Lipinski definition) is 1. The second-order valence-electron chi connectivity index (χ2n) is 6.44. The summed E-state index contributed by atoms with van der Waals surface area (Å²) in [6, 6.07) is 10.2. The van der Waals surface area contributed by atoms with Crippen LogP contribution in [-0.2, 0) is 16.1 Å². The lowest BCUT2D eigenvalue weighted by Crippen LogP contribution is -2.30. The number of carbonyl (C=O) groups is 2. The molecule has 0 fully saturated rings. The summed E-state index contributed by atoms with van der Waals surface area (Å²) < 4.78 is 15.7. The van der Waals surface area contributed by atoms with Gasteiger partial charge in [-0.3, -0.25) is 9.59 Å². The first-order valence-corrected chi connectivity index (χ1v) is 9.91. The molecule has 2 aromatic heterocycles. The fourth-order valence-corrected chi connectivity index (χ4v) is 3.57. The molecule has 152 valence electrons. The molecule has 0 unspecified atom stereocenters. The van der Waals surface area contributed by atoms with E-state index in [-0.39, 0.29) is 18.3 Å². The molecule has 8 heteroatoms. The Kier molecular flexibility index (Phi) is 6.66. The molecule has 2 heterocycles. The molecule has 0 aliphatic heterocycles. The third-order valence-electron chi connectivity index (χ3n) is 4.45. The minimum atomic E-state index is -0.457. The summed E-state index contributed by atoms with van der Waals surface area (Å²) in [5, 5.41) is 8.71. The predicted molar refractivity (Wildman–Crippen MR) is 108 cm³/mol. The number of hydrogen-bond acceptors (Lipinski definition) is 7. The summed E-state index contributed by atoms with van der Waals surface area (Å²) >= 11 is 1.47. The van der Waals surface area contributed by atoms with Crippen LogP contribution >= 0.6 is 11.3 Å². The average molecular weight is 414 g/mol. The molecule has 1 aromatic carbocycles. The molecular weight excluding hydrogens is 392 g/mol. The normalized spacial score (nSPS) is 11.7. The van der Waals surface area contributed by atoms with Crippen molar-refractivity contribution in [2.75, 3.05) is 7.11 Å². The van der Waals surface area contributed by atoms with Gasteiger partial charge in [0.25, 0.3) is 5.91 Å². The minimum absolute atomic E-state index is 0.0605. The maximum Gasteiger partial charge on any atom is 0.307 e. The van der Waals surface area contributed by atoms with Crippen molar-refractivity contribution in [2.24, 2.45) is 0 Å². The number of carbonyl (C=O) groups excluding carboxylic acids is 2. The molecule has 29 heavy (non-hydrogen) atoms. The topological polar surface area (TPSA) is 90.7 Å². The van der Waals surface area contributed by atoms with Crippen LogP contribution in [-0.4, -0.2) is 24.1 Å². The van der Waals surface area contributed by atoms with Gasteiger partial charge in [0.15, 0.2) is 0 Å². The van der Waals surface area contributed by atoms with Gasteiger partial charge in [0.2, 0.25) is 0 Å². The van der Waals surface area contributed by atoms with E-state index < -0.39 is 6.04 Å². The molecule has 0 saturated carbocycles. The lowest BCUT2D eigenvalue weighted by Gasteiger charge is -2.17. The monoisotopic (exact) mass is 414 g/mol. The van der Waals surface area contributed by atoms with Crippen LogP contribution in [0.4, 0.5) is 0 Å². The Morgan fingerprint density at radius 2 is 2.07 bits per heavy atom. The molecule has 0 aliphatic carbocycles. The number of methoxy groups -OCH3 is 1. The Morgan fingerprint density at radius 1 is 1.24 bits per heavy atom. The Morgan fingerprint density at radius 3 is 2.72 bits per heavy atom. The van der Waals surface area contributed by atoms with Gasteiger partial charge >= 0.3 is 5.97 Å². The Balaban J connectivity index is 1.70. The molecule has 1 atom stereocenters. The third kappa shape index (κ3) is 5.23. The number of esters is 1. The summed E-state index contributed by atoms with van der Waals surface area (Å²) in [5.74, 6) is 0.576. The lowest BCUT2D eigenvalue weighted by atomic mass is 10.1. The number of aromatic nitrogens is 1. The van der Waals surface area contributed by atoms with Gasteiger partial charge in [-0.15, -0.1) is 11.3 Å². The van der Waals surface area contributed by atoms with E-state index in [2.05, 4.69) is 10.5 Å². The van der Waals surface area contributed by atoms with Gasteiger partial charge in [-0.1, -0.05) is 17.3 Å². The molecule has 7 nitrogen and oxygen atoms in total. The summed E-state index contributed by atoms with van der Waals surface area (Å²) in [6.07, 6.45) is 0.0605. The standard InChI is InChI=1S/C21H22N2O5S/c1-13-17(14(2)28-23-13)12-27-16-7-4-6-15(10-16)21(25)22-18(11-20(24)26-3)19-8-5-9-29-19/h4-10,18H,11-12H2,1-3H3,(H,22,25)/t18-/m1/s1. The van der Waals surface area contributed by atoms with E-state index in [1.165, 1.54) is 18.4 Å². The van der Waals surface area contributed by atoms with E-state index in [9.17, 15) is 9.59 Å².